The maximum atomic E-state index is 12.7. The molecule has 9 heteroatoms. The molecule has 1 aliphatic heterocycles. The topological polar surface area (TPSA) is 86.9 Å². The van der Waals surface area contributed by atoms with E-state index in [0.29, 0.717) is 12.3 Å². The number of imidazole rings is 1. The number of amides is 1. The number of carbonyl (C=O) groups is 1. The molecule has 136 valence electrons. The van der Waals surface area contributed by atoms with Crippen LogP contribution in [0, 0.1) is 0 Å². The molecule has 1 amide bonds. The summed E-state index contributed by atoms with van der Waals surface area (Å²) in [5.74, 6) is 0.635. The Hall–Kier alpha value is -2.52. The van der Waals surface area contributed by atoms with Crippen molar-refractivity contribution in [3.05, 3.63) is 41.7 Å². The van der Waals surface area contributed by atoms with Crippen LogP contribution in [0.2, 0.25) is 0 Å². The van der Waals surface area contributed by atoms with Gasteiger partial charge in [-0.1, -0.05) is 0 Å². The summed E-state index contributed by atoms with van der Waals surface area (Å²) in [7, 11) is 3.78. The van der Waals surface area contributed by atoms with E-state index in [0.717, 1.165) is 29.2 Å². The number of thiazole rings is 1. The molecule has 1 aliphatic rings. The average molecular weight is 372 g/mol. The van der Waals surface area contributed by atoms with Gasteiger partial charge in [0.2, 0.25) is 0 Å². The molecule has 0 aliphatic carbocycles. The third-order valence-electron chi connectivity index (χ3n) is 4.44. The fourth-order valence-corrected chi connectivity index (χ4v) is 3.89. The quantitative estimate of drug-likeness (QED) is 0.756. The van der Waals surface area contributed by atoms with Crippen LogP contribution in [0.3, 0.4) is 0 Å². The maximum absolute atomic E-state index is 12.7. The molecular formula is C17H20N6O2S. The maximum Gasteiger partial charge on any atom is 0.271 e. The Morgan fingerprint density at radius 3 is 3.04 bits per heavy atom. The van der Waals surface area contributed by atoms with Gasteiger partial charge in [-0.05, 0) is 12.8 Å². The first kappa shape index (κ1) is 16.9. The summed E-state index contributed by atoms with van der Waals surface area (Å²) in [5.41, 5.74) is 1.32. The zero-order valence-corrected chi connectivity index (χ0v) is 15.4. The van der Waals surface area contributed by atoms with Crippen molar-refractivity contribution in [2.75, 3.05) is 6.61 Å². The van der Waals surface area contributed by atoms with Gasteiger partial charge in [-0.2, -0.15) is 5.10 Å². The van der Waals surface area contributed by atoms with Gasteiger partial charge in [0.25, 0.3) is 5.91 Å². The highest BCUT2D eigenvalue weighted by Gasteiger charge is 2.32. The van der Waals surface area contributed by atoms with Gasteiger partial charge in [-0.15, -0.1) is 11.3 Å². The molecule has 0 spiro atoms. The van der Waals surface area contributed by atoms with Crippen molar-refractivity contribution in [2.24, 2.45) is 14.1 Å². The molecule has 4 heterocycles. The molecule has 0 bridgehead atoms. The van der Waals surface area contributed by atoms with Gasteiger partial charge >= 0.3 is 0 Å². The van der Waals surface area contributed by atoms with Crippen molar-refractivity contribution < 1.29 is 9.53 Å². The van der Waals surface area contributed by atoms with Crippen LogP contribution in [0.1, 0.15) is 35.3 Å². The van der Waals surface area contributed by atoms with Gasteiger partial charge in [0, 0.05) is 50.2 Å². The van der Waals surface area contributed by atoms with Gasteiger partial charge in [0.1, 0.15) is 22.6 Å². The molecule has 4 rings (SSSR count). The smallest absolute Gasteiger partial charge is 0.271 e. The molecule has 0 saturated carbocycles. The van der Waals surface area contributed by atoms with E-state index in [9.17, 15) is 4.79 Å². The number of nitrogens with zero attached hydrogens (tertiary/aromatic N) is 5. The average Bonchev–Trinajstić information content (AvgIpc) is 3.36. The summed E-state index contributed by atoms with van der Waals surface area (Å²) in [5, 5.41) is 9.78. The van der Waals surface area contributed by atoms with Crippen molar-refractivity contribution in [1.29, 1.82) is 0 Å². The van der Waals surface area contributed by atoms with Crippen molar-refractivity contribution in [1.82, 2.24) is 29.6 Å². The van der Waals surface area contributed by atoms with E-state index in [1.807, 2.05) is 31.1 Å². The Labute approximate surface area is 154 Å². The number of nitrogens with one attached hydrogen (secondary N) is 1. The van der Waals surface area contributed by atoms with Crippen LogP contribution in [-0.2, 0) is 18.8 Å². The van der Waals surface area contributed by atoms with Crippen molar-refractivity contribution >= 4 is 17.2 Å². The Morgan fingerprint density at radius 2 is 2.31 bits per heavy atom. The SMILES string of the molecule is Cn1cc(-c2nc(C(=O)N[C@H]3CCCO[C@@H]3c3nccn3C)cs2)cn1. The standard InChI is InChI=1S/C17H20N6O2S/c1-22-6-5-18-15(22)14-12(4-3-7-25-14)20-16(24)13-10-26-17(21-13)11-8-19-23(2)9-11/h5-6,8-10,12,14H,3-4,7H2,1-2H3,(H,20,24)/t12-,14-/m0/s1. The highest BCUT2D eigenvalue weighted by Crippen LogP contribution is 2.28. The summed E-state index contributed by atoms with van der Waals surface area (Å²) in [6.07, 6.45) is 8.76. The normalized spacial score (nSPS) is 20.2. The highest BCUT2D eigenvalue weighted by molar-refractivity contribution is 7.13. The largest absolute Gasteiger partial charge is 0.368 e. The highest BCUT2D eigenvalue weighted by atomic mass is 32.1. The monoisotopic (exact) mass is 372 g/mol. The second kappa shape index (κ2) is 7.00. The number of rotatable bonds is 4. The van der Waals surface area contributed by atoms with E-state index >= 15 is 0 Å². The number of aryl methyl sites for hydroxylation is 2. The molecule has 0 aromatic carbocycles. The van der Waals surface area contributed by atoms with E-state index in [1.54, 1.807) is 22.5 Å². The predicted molar refractivity (Wildman–Crippen MR) is 96.7 cm³/mol. The first-order valence-electron chi connectivity index (χ1n) is 8.46. The third-order valence-corrected chi connectivity index (χ3v) is 5.33. The zero-order chi connectivity index (χ0) is 18.1. The minimum atomic E-state index is -0.246. The third kappa shape index (κ3) is 3.27. The van der Waals surface area contributed by atoms with Gasteiger partial charge in [0.05, 0.1) is 12.2 Å². The van der Waals surface area contributed by atoms with Crippen LogP contribution in [0.15, 0.2) is 30.2 Å². The summed E-state index contributed by atoms with van der Waals surface area (Å²) in [6, 6.07) is -0.124. The van der Waals surface area contributed by atoms with Gasteiger partial charge in [0.15, 0.2) is 0 Å². The lowest BCUT2D eigenvalue weighted by atomic mass is 10.0. The van der Waals surface area contributed by atoms with Crippen LogP contribution >= 0.6 is 11.3 Å². The van der Waals surface area contributed by atoms with Crippen LogP contribution in [-0.4, -0.2) is 42.9 Å². The van der Waals surface area contributed by atoms with Crippen LogP contribution in [0.5, 0.6) is 0 Å². The number of aromatic nitrogens is 5. The number of carbonyl (C=O) groups excluding carboxylic acids is 1. The van der Waals surface area contributed by atoms with Crippen LogP contribution in [0.4, 0.5) is 0 Å². The summed E-state index contributed by atoms with van der Waals surface area (Å²) < 4.78 is 9.55. The molecule has 3 aromatic rings. The van der Waals surface area contributed by atoms with E-state index in [2.05, 4.69) is 20.4 Å². The number of hydrogen-bond donors (Lipinski definition) is 1. The van der Waals surface area contributed by atoms with E-state index in [-0.39, 0.29) is 18.1 Å². The fraction of sp³-hybridized carbons (Fsp3) is 0.412. The Balaban J connectivity index is 1.50. The molecular weight excluding hydrogens is 352 g/mol. The molecule has 1 saturated heterocycles. The fourth-order valence-electron chi connectivity index (χ4n) is 3.12. The van der Waals surface area contributed by atoms with Crippen molar-refractivity contribution in [2.45, 2.75) is 25.0 Å². The summed E-state index contributed by atoms with van der Waals surface area (Å²) in [6.45, 7) is 0.672. The van der Waals surface area contributed by atoms with Crippen molar-refractivity contribution in [3.63, 3.8) is 0 Å². The first-order valence-corrected chi connectivity index (χ1v) is 9.34. The second-order valence-corrected chi connectivity index (χ2v) is 7.21. The van der Waals surface area contributed by atoms with Crippen LogP contribution in [0.25, 0.3) is 10.6 Å². The van der Waals surface area contributed by atoms with E-state index in [1.165, 1.54) is 11.3 Å². The first-order chi connectivity index (χ1) is 12.6. The minimum Gasteiger partial charge on any atom is -0.368 e. The second-order valence-electron chi connectivity index (χ2n) is 6.35. The lowest BCUT2D eigenvalue weighted by Crippen LogP contribution is -2.43. The summed E-state index contributed by atoms with van der Waals surface area (Å²) in [4.78, 5) is 21.5. The molecule has 8 nitrogen and oxygen atoms in total. The lowest BCUT2D eigenvalue weighted by molar-refractivity contribution is -0.0159. The van der Waals surface area contributed by atoms with Gasteiger partial charge in [-0.3, -0.25) is 9.48 Å². The van der Waals surface area contributed by atoms with Crippen LogP contribution < -0.4 is 5.32 Å². The lowest BCUT2D eigenvalue weighted by Gasteiger charge is -2.31. The Bertz CT molecular complexity index is 914. The molecule has 0 radical (unpaired) electrons. The van der Waals surface area contributed by atoms with Crippen molar-refractivity contribution in [3.8, 4) is 10.6 Å². The molecule has 26 heavy (non-hydrogen) atoms. The molecule has 3 aromatic heterocycles. The number of ether oxygens (including phenoxy) is 1. The van der Waals surface area contributed by atoms with E-state index in [4.69, 9.17) is 4.74 Å². The van der Waals surface area contributed by atoms with Gasteiger partial charge in [-0.25, -0.2) is 9.97 Å². The Morgan fingerprint density at radius 1 is 1.42 bits per heavy atom. The summed E-state index contributed by atoms with van der Waals surface area (Å²) >= 11 is 1.43. The number of hydrogen-bond acceptors (Lipinski definition) is 6. The molecule has 1 N–H and O–H groups in total. The molecule has 0 unspecified atom stereocenters. The molecule has 1 fully saturated rings. The van der Waals surface area contributed by atoms with E-state index < -0.39 is 0 Å². The minimum absolute atomic E-state index is 0.124. The predicted octanol–water partition coefficient (Wildman–Crippen LogP) is 1.93. The molecule has 2 atom stereocenters. The zero-order valence-electron chi connectivity index (χ0n) is 14.6. The Kier molecular flexibility index (Phi) is 4.56. The van der Waals surface area contributed by atoms with Gasteiger partial charge < -0.3 is 14.6 Å².